The normalized spacial score (nSPS) is 17.1. The standard InChI is InChI=1S/C15H15ClN2O2S/c16-14-8-12(5-6-15(14)17)21(19,20)18-9-11-7-10-3-1-2-4-13(10)11/h1-6,8,11,18H,7,9,17H2. The van der Waals surface area contributed by atoms with E-state index in [0.29, 0.717) is 12.2 Å². The summed E-state index contributed by atoms with van der Waals surface area (Å²) in [6.45, 7) is 0.390. The Kier molecular flexibility index (Phi) is 3.65. The zero-order chi connectivity index (χ0) is 15.0. The highest BCUT2D eigenvalue weighted by Crippen LogP contribution is 2.34. The molecule has 1 unspecified atom stereocenters. The molecule has 0 aliphatic heterocycles. The molecular formula is C15H15ClN2O2S. The lowest BCUT2D eigenvalue weighted by atomic mass is 9.78. The SMILES string of the molecule is Nc1ccc(S(=O)(=O)NCC2Cc3ccccc32)cc1Cl. The van der Waals surface area contributed by atoms with Crippen LogP contribution in [0.5, 0.6) is 0 Å². The first-order chi connectivity index (χ1) is 9.97. The van der Waals surface area contributed by atoms with Gasteiger partial charge in [-0.05, 0) is 35.7 Å². The number of anilines is 1. The van der Waals surface area contributed by atoms with Gasteiger partial charge in [-0.2, -0.15) is 0 Å². The third-order valence-corrected chi connectivity index (χ3v) is 5.51. The topological polar surface area (TPSA) is 72.2 Å². The monoisotopic (exact) mass is 322 g/mol. The van der Waals surface area contributed by atoms with E-state index < -0.39 is 10.0 Å². The van der Waals surface area contributed by atoms with E-state index in [2.05, 4.69) is 10.8 Å². The summed E-state index contributed by atoms with van der Waals surface area (Å²) in [7, 11) is -3.56. The molecule has 0 heterocycles. The van der Waals surface area contributed by atoms with Crippen molar-refractivity contribution < 1.29 is 8.42 Å². The van der Waals surface area contributed by atoms with Gasteiger partial charge in [0.2, 0.25) is 10.0 Å². The Labute approximate surface area is 129 Å². The maximum Gasteiger partial charge on any atom is 0.240 e. The number of fused-ring (bicyclic) bond motifs is 1. The summed E-state index contributed by atoms with van der Waals surface area (Å²) < 4.78 is 27.1. The lowest BCUT2D eigenvalue weighted by Gasteiger charge is -2.30. The molecule has 0 radical (unpaired) electrons. The summed E-state index contributed by atoms with van der Waals surface area (Å²) in [5.74, 6) is 0.236. The first kappa shape index (κ1) is 14.4. The number of hydrogen-bond acceptors (Lipinski definition) is 3. The van der Waals surface area contributed by atoms with Crippen molar-refractivity contribution in [1.29, 1.82) is 0 Å². The van der Waals surface area contributed by atoms with Gasteiger partial charge in [-0.25, -0.2) is 13.1 Å². The zero-order valence-electron chi connectivity index (χ0n) is 11.2. The average molecular weight is 323 g/mol. The second kappa shape index (κ2) is 5.33. The number of nitrogens with two attached hydrogens (primary N) is 1. The summed E-state index contributed by atoms with van der Waals surface area (Å²) in [5, 5.41) is 0.242. The number of sulfonamides is 1. The molecular weight excluding hydrogens is 308 g/mol. The molecule has 2 aromatic carbocycles. The van der Waals surface area contributed by atoms with Crippen molar-refractivity contribution in [3.05, 3.63) is 58.6 Å². The highest BCUT2D eigenvalue weighted by Gasteiger charge is 2.27. The summed E-state index contributed by atoms with van der Waals surface area (Å²) >= 11 is 5.87. The molecule has 0 saturated carbocycles. The van der Waals surface area contributed by atoms with Gasteiger partial charge in [0.15, 0.2) is 0 Å². The van der Waals surface area contributed by atoms with Crippen molar-refractivity contribution in [1.82, 2.24) is 4.72 Å². The van der Waals surface area contributed by atoms with E-state index in [-0.39, 0.29) is 15.8 Å². The smallest absolute Gasteiger partial charge is 0.240 e. The highest BCUT2D eigenvalue weighted by molar-refractivity contribution is 7.89. The largest absolute Gasteiger partial charge is 0.398 e. The summed E-state index contributed by atoms with van der Waals surface area (Å²) in [4.78, 5) is 0.134. The van der Waals surface area contributed by atoms with Gasteiger partial charge < -0.3 is 5.73 Å². The lowest BCUT2D eigenvalue weighted by molar-refractivity contribution is 0.552. The van der Waals surface area contributed by atoms with Crippen LogP contribution in [0.3, 0.4) is 0 Å². The fourth-order valence-electron chi connectivity index (χ4n) is 2.51. The van der Waals surface area contributed by atoms with Crippen LogP contribution in [0.25, 0.3) is 0 Å². The third-order valence-electron chi connectivity index (χ3n) is 3.76. The first-order valence-corrected chi connectivity index (χ1v) is 8.46. The Morgan fingerprint density at radius 2 is 2.00 bits per heavy atom. The van der Waals surface area contributed by atoms with Crippen LogP contribution in [0.2, 0.25) is 5.02 Å². The van der Waals surface area contributed by atoms with E-state index in [1.807, 2.05) is 18.2 Å². The fourth-order valence-corrected chi connectivity index (χ4v) is 3.87. The molecule has 0 aromatic heterocycles. The first-order valence-electron chi connectivity index (χ1n) is 6.60. The molecule has 2 aromatic rings. The summed E-state index contributed by atoms with van der Waals surface area (Å²) in [6, 6.07) is 12.4. The van der Waals surface area contributed by atoms with Crippen LogP contribution < -0.4 is 10.5 Å². The van der Waals surface area contributed by atoms with E-state index in [1.165, 1.54) is 29.3 Å². The van der Waals surface area contributed by atoms with Gasteiger partial charge in [0.25, 0.3) is 0 Å². The van der Waals surface area contributed by atoms with Crippen molar-refractivity contribution in [2.75, 3.05) is 12.3 Å². The highest BCUT2D eigenvalue weighted by atomic mass is 35.5. The molecule has 0 saturated heterocycles. The molecule has 0 spiro atoms. The average Bonchev–Trinajstić information content (AvgIpc) is 2.42. The molecule has 3 rings (SSSR count). The number of halogens is 1. The van der Waals surface area contributed by atoms with Crippen LogP contribution in [-0.4, -0.2) is 15.0 Å². The predicted octanol–water partition coefficient (Wildman–Crippen LogP) is 2.54. The molecule has 110 valence electrons. The van der Waals surface area contributed by atoms with Gasteiger partial charge in [0.05, 0.1) is 15.6 Å². The van der Waals surface area contributed by atoms with Crippen molar-refractivity contribution in [2.45, 2.75) is 17.2 Å². The maximum absolute atomic E-state index is 12.2. The van der Waals surface area contributed by atoms with Gasteiger partial charge in [-0.3, -0.25) is 0 Å². The van der Waals surface area contributed by atoms with Crippen molar-refractivity contribution in [3.8, 4) is 0 Å². The van der Waals surface area contributed by atoms with Crippen molar-refractivity contribution >= 4 is 27.3 Å². The summed E-state index contributed by atoms with van der Waals surface area (Å²) in [6.07, 6.45) is 0.904. The Morgan fingerprint density at radius 3 is 2.71 bits per heavy atom. The molecule has 1 atom stereocenters. The quantitative estimate of drug-likeness (QED) is 0.850. The Bertz CT molecular complexity index is 790. The van der Waals surface area contributed by atoms with Crippen LogP contribution in [0.15, 0.2) is 47.4 Å². The Morgan fingerprint density at radius 1 is 1.24 bits per heavy atom. The number of nitrogen functional groups attached to an aromatic ring is 1. The second-order valence-corrected chi connectivity index (χ2v) is 7.31. The number of benzene rings is 2. The predicted molar refractivity (Wildman–Crippen MR) is 83.9 cm³/mol. The summed E-state index contributed by atoms with van der Waals surface area (Å²) in [5.41, 5.74) is 8.46. The zero-order valence-corrected chi connectivity index (χ0v) is 12.8. The van der Waals surface area contributed by atoms with Gasteiger partial charge in [0, 0.05) is 12.5 Å². The number of nitrogens with one attached hydrogen (secondary N) is 1. The molecule has 6 heteroatoms. The molecule has 0 fully saturated rings. The molecule has 21 heavy (non-hydrogen) atoms. The minimum absolute atomic E-state index is 0.134. The molecule has 3 N–H and O–H groups in total. The van der Waals surface area contributed by atoms with Crippen LogP contribution in [0.4, 0.5) is 5.69 Å². The third kappa shape index (κ3) is 2.77. The van der Waals surface area contributed by atoms with Gasteiger partial charge in [-0.1, -0.05) is 35.9 Å². The van der Waals surface area contributed by atoms with Gasteiger partial charge in [0.1, 0.15) is 0 Å². The van der Waals surface area contributed by atoms with E-state index >= 15 is 0 Å². The van der Waals surface area contributed by atoms with E-state index in [1.54, 1.807) is 0 Å². The van der Waals surface area contributed by atoms with Crippen LogP contribution in [0.1, 0.15) is 17.0 Å². The van der Waals surface area contributed by atoms with E-state index in [9.17, 15) is 8.42 Å². The van der Waals surface area contributed by atoms with Crippen molar-refractivity contribution in [2.24, 2.45) is 0 Å². The van der Waals surface area contributed by atoms with Crippen molar-refractivity contribution in [3.63, 3.8) is 0 Å². The van der Waals surface area contributed by atoms with Crippen LogP contribution in [-0.2, 0) is 16.4 Å². The Balaban J connectivity index is 1.72. The Hall–Kier alpha value is -1.56. The van der Waals surface area contributed by atoms with E-state index in [4.69, 9.17) is 17.3 Å². The number of rotatable bonds is 4. The van der Waals surface area contributed by atoms with Gasteiger partial charge in [-0.15, -0.1) is 0 Å². The van der Waals surface area contributed by atoms with Crippen LogP contribution >= 0.6 is 11.6 Å². The maximum atomic E-state index is 12.2. The second-order valence-electron chi connectivity index (χ2n) is 5.14. The molecule has 0 bridgehead atoms. The van der Waals surface area contributed by atoms with Gasteiger partial charge >= 0.3 is 0 Å². The number of hydrogen-bond donors (Lipinski definition) is 2. The van der Waals surface area contributed by atoms with Crippen LogP contribution in [0, 0.1) is 0 Å². The molecule has 0 amide bonds. The molecule has 4 nitrogen and oxygen atoms in total. The minimum atomic E-state index is -3.56. The molecule has 1 aliphatic rings. The fraction of sp³-hybridized carbons (Fsp3) is 0.200. The lowest BCUT2D eigenvalue weighted by Crippen LogP contribution is -2.33. The molecule has 1 aliphatic carbocycles. The van der Waals surface area contributed by atoms with E-state index in [0.717, 1.165) is 6.42 Å². The minimum Gasteiger partial charge on any atom is -0.398 e.